The number of amides is 3. The molecule has 0 radical (unpaired) electrons. The maximum Gasteiger partial charge on any atom is 0.391 e. The lowest BCUT2D eigenvalue weighted by Gasteiger charge is -2.32. The molecule has 1 saturated heterocycles. The first-order valence-electron chi connectivity index (χ1n) is 12.0. The highest BCUT2D eigenvalue weighted by Gasteiger charge is 2.41. The Kier molecular flexibility index (Phi) is 9.50. The summed E-state index contributed by atoms with van der Waals surface area (Å²) in [6.07, 6.45) is -3.87. The fourth-order valence-electron chi connectivity index (χ4n) is 4.20. The molecule has 11 heteroatoms. The SMILES string of the molecule is CNC(=O)C(C(=O)NO)N(C)C(=O)c1ccc(C#Cc2ccc(CN3CCC(C(F)(F)F)CC3)cc2)cc1. The molecule has 3 rings (SSSR count). The average Bonchev–Trinajstić information content (AvgIpc) is 2.92. The smallest absolute Gasteiger partial charge is 0.357 e. The third kappa shape index (κ3) is 7.34. The molecular formula is C27H29F3N4O4. The predicted molar refractivity (Wildman–Crippen MR) is 133 cm³/mol. The number of piperidine rings is 1. The van der Waals surface area contributed by atoms with Crippen molar-refractivity contribution >= 4 is 17.7 Å². The highest BCUT2D eigenvalue weighted by atomic mass is 19.4. The van der Waals surface area contributed by atoms with Crippen molar-refractivity contribution in [3.8, 4) is 11.8 Å². The lowest BCUT2D eigenvalue weighted by atomic mass is 9.96. The van der Waals surface area contributed by atoms with Crippen LogP contribution in [0.2, 0.25) is 0 Å². The molecule has 0 aromatic heterocycles. The van der Waals surface area contributed by atoms with E-state index in [-0.39, 0.29) is 18.4 Å². The molecule has 2 aromatic rings. The van der Waals surface area contributed by atoms with Crippen molar-refractivity contribution in [2.24, 2.45) is 5.92 Å². The van der Waals surface area contributed by atoms with Crippen LogP contribution in [0, 0.1) is 17.8 Å². The monoisotopic (exact) mass is 530 g/mol. The zero-order valence-corrected chi connectivity index (χ0v) is 21.0. The average molecular weight is 531 g/mol. The maximum absolute atomic E-state index is 12.8. The van der Waals surface area contributed by atoms with E-state index in [0.717, 1.165) is 16.0 Å². The van der Waals surface area contributed by atoms with E-state index >= 15 is 0 Å². The Morgan fingerprint density at radius 2 is 1.53 bits per heavy atom. The van der Waals surface area contributed by atoms with Gasteiger partial charge in [-0.25, -0.2) is 5.48 Å². The minimum absolute atomic E-state index is 0.125. The van der Waals surface area contributed by atoms with Gasteiger partial charge in [0.15, 0.2) is 6.04 Å². The highest BCUT2D eigenvalue weighted by molar-refractivity contribution is 6.08. The van der Waals surface area contributed by atoms with Gasteiger partial charge in [-0.2, -0.15) is 13.2 Å². The van der Waals surface area contributed by atoms with Crippen LogP contribution in [0.15, 0.2) is 48.5 Å². The number of hydroxylamine groups is 1. The van der Waals surface area contributed by atoms with E-state index in [9.17, 15) is 27.6 Å². The Hall–Kier alpha value is -3.88. The van der Waals surface area contributed by atoms with Gasteiger partial charge in [0.25, 0.3) is 17.7 Å². The van der Waals surface area contributed by atoms with E-state index in [1.807, 2.05) is 29.2 Å². The molecule has 202 valence electrons. The van der Waals surface area contributed by atoms with Crippen LogP contribution in [0.1, 0.15) is 39.9 Å². The first kappa shape index (κ1) is 28.7. The summed E-state index contributed by atoms with van der Waals surface area (Å²) in [6.45, 7) is 1.42. The summed E-state index contributed by atoms with van der Waals surface area (Å²) >= 11 is 0. The van der Waals surface area contributed by atoms with Crippen LogP contribution in [-0.4, -0.2) is 72.1 Å². The molecule has 1 aliphatic heterocycles. The lowest BCUT2D eigenvalue weighted by molar-refractivity contribution is -0.185. The van der Waals surface area contributed by atoms with Crippen LogP contribution in [-0.2, 0) is 16.1 Å². The Morgan fingerprint density at radius 3 is 2.00 bits per heavy atom. The fraction of sp³-hybridized carbons (Fsp3) is 0.370. The number of likely N-dealkylation sites (N-methyl/N-ethyl adjacent to an activating group) is 2. The number of alkyl halides is 3. The summed E-state index contributed by atoms with van der Waals surface area (Å²) in [5, 5.41) is 11.2. The maximum atomic E-state index is 12.8. The Morgan fingerprint density at radius 1 is 1.00 bits per heavy atom. The van der Waals surface area contributed by atoms with E-state index < -0.39 is 35.9 Å². The molecule has 0 spiro atoms. The minimum Gasteiger partial charge on any atom is -0.357 e. The summed E-state index contributed by atoms with van der Waals surface area (Å²) in [6, 6.07) is 12.3. The molecule has 3 N–H and O–H groups in total. The van der Waals surface area contributed by atoms with Crippen molar-refractivity contribution < 1.29 is 32.8 Å². The van der Waals surface area contributed by atoms with Crippen LogP contribution in [0.5, 0.6) is 0 Å². The first-order chi connectivity index (χ1) is 18.0. The van der Waals surface area contributed by atoms with E-state index in [2.05, 4.69) is 17.2 Å². The van der Waals surface area contributed by atoms with Crippen molar-refractivity contribution in [2.75, 3.05) is 27.2 Å². The molecule has 0 saturated carbocycles. The molecule has 2 aromatic carbocycles. The number of carbonyl (C=O) groups is 3. The Labute approximate surface area is 218 Å². The van der Waals surface area contributed by atoms with Crippen molar-refractivity contribution in [3.05, 3.63) is 70.8 Å². The van der Waals surface area contributed by atoms with Gasteiger partial charge in [0.05, 0.1) is 5.92 Å². The molecule has 8 nitrogen and oxygen atoms in total. The zero-order chi connectivity index (χ0) is 27.9. The van der Waals surface area contributed by atoms with E-state index in [0.29, 0.717) is 25.2 Å². The topological polar surface area (TPSA) is 102 Å². The number of benzene rings is 2. The van der Waals surface area contributed by atoms with Gasteiger partial charge < -0.3 is 10.2 Å². The van der Waals surface area contributed by atoms with Crippen LogP contribution in [0.3, 0.4) is 0 Å². The third-order valence-electron chi connectivity index (χ3n) is 6.45. The molecule has 0 bridgehead atoms. The number of hydrogen-bond acceptors (Lipinski definition) is 5. The molecule has 1 aliphatic rings. The summed E-state index contributed by atoms with van der Waals surface area (Å²) in [4.78, 5) is 39.5. The molecule has 1 atom stereocenters. The van der Waals surface area contributed by atoms with Gasteiger partial charge in [-0.1, -0.05) is 24.0 Å². The lowest BCUT2D eigenvalue weighted by Crippen LogP contribution is -2.54. The van der Waals surface area contributed by atoms with Gasteiger partial charge in [-0.15, -0.1) is 0 Å². The molecule has 1 fully saturated rings. The molecule has 3 amide bonds. The molecule has 1 unspecified atom stereocenters. The summed E-state index contributed by atoms with van der Waals surface area (Å²) < 4.78 is 38.5. The molecule has 38 heavy (non-hydrogen) atoms. The number of carbonyl (C=O) groups excluding carboxylic acids is 3. The quantitative estimate of drug-likeness (QED) is 0.231. The van der Waals surface area contributed by atoms with Crippen molar-refractivity contribution in [2.45, 2.75) is 31.6 Å². The van der Waals surface area contributed by atoms with Gasteiger partial charge in [0.2, 0.25) is 0 Å². The highest BCUT2D eigenvalue weighted by Crippen LogP contribution is 2.34. The molecular weight excluding hydrogens is 501 g/mol. The van der Waals surface area contributed by atoms with Gasteiger partial charge >= 0.3 is 6.18 Å². The van der Waals surface area contributed by atoms with E-state index in [4.69, 9.17) is 5.21 Å². The van der Waals surface area contributed by atoms with Crippen molar-refractivity contribution in [1.29, 1.82) is 0 Å². The first-order valence-corrected chi connectivity index (χ1v) is 12.0. The normalized spacial score (nSPS) is 15.1. The second kappa shape index (κ2) is 12.6. The number of nitrogens with zero attached hydrogens (tertiary/aromatic N) is 2. The Bertz CT molecular complexity index is 1180. The fourth-order valence-corrected chi connectivity index (χ4v) is 4.20. The van der Waals surface area contributed by atoms with Crippen LogP contribution in [0.25, 0.3) is 0 Å². The van der Waals surface area contributed by atoms with Crippen molar-refractivity contribution in [3.63, 3.8) is 0 Å². The molecule has 0 aliphatic carbocycles. The van der Waals surface area contributed by atoms with Gasteiger partial charge in [0.1, 0.15) is 0 Å². The number of hydrogen-bond donors (Lipinski definition) is 3. The second-order valence-electron chi connectivity index (χ2n) is 9.03. The zero-order valence-electron chi connectivity index (χ0n) is 21.0. The second-order valence-corrected chi connectivity index (χ2v) is 9.03. The van der Waals surface area contributed by atoms with E-state index in [1.54, 1.807) is 12.1 Å². The van der Waals surface area contributed by atoms with Gasteiger partial charge in [-0.3, -0.25) is 24.5 Å². The number of likely N-dealkylation sites (tertiary alicyclic amines) is 1. The van der Waals surface area contributed by atoms with Crippen LogP contribution >= 0.6 is 0 Å². The summed E-state index contributed by atoms with van der Waals surface area (Å²) in [7, 11) is 2.59. The number of halogens is 3. The van der Waals surface area contributed by atoms with Crippen molar-refractivity contribution in [1.82, 2.24) is 20.6 Å². The number of nitrogens with one attached hydrogen (secondary N) is 2. The van der Waals surface area contributed by atoms with E-state index in [1.165, 1.54) is 31.7 Å². The molecule has 1 heterocycles. The standard InChI is InChI=1S/C27H29F3N4O4/c1-31-24(35)23(25(36)32-38)33(2)26(37)21-11-9-19(10-12-21)4-3-18-5-7-20(8-6-18)17-34-15-13-22(14-16-34)27(28,29)30/h5-12,22-23,38H,13-17H2,1-2H3,(H,31,35)(H,32,36). The predicted octanol–water partition coefficient (Wildman–Crippen LogP) is 2.55. The largest absolute Gasteiger partial charge is 0.391 e. The van der Waals surface area contributed by atoms with Crippen LogP contribution < -0.4 is 10.8 Å². The summed E-state index contributed by atoms with van der Waals surface area (Å²) in [5.41, 5.74) is 4.00. The number of rotatable bonds is 6. The summed E-state index contributed by atoms with van der Waals surface area (Å²) in [5.74, 6) is 2.42. The van der Waals surface area contributed by atoms with Gasteiger partial charge in [-0.05, 0) is 67.9 Å². The minimum atomic E-state index is -4.12. The van der Waals surface area contributed by atoms with Gasteiger partial charge in [0, 0.05) is 37.3 Å². The Balaban J connectivity index is 1.59. The van der Waals surface area contributed by atoms with Crippen LogP contribution in [0.4, 0.5) is 13.2 Å². The third-order valence-corrected chi connectivity index (χ3v) is 6.45.